The summed E-state index contributed by atoms with van der Waals surface area (Å²) < 4.78 is 14.5. The fourth-order valence-corrected chi connectivity index (χ4v) is 1.72. The van der Waals surface area contributed by atoms with E-state index in [0.29, 0.717) is 17.9 Å². The van der Waals surface area contributed by atoms with Gasteiger partial charge >= 0.3 is 0 Å². The Morgan fingerprint density at radius 3 is 2.95 bits per heavy atom. The summed E-state index contributed by atoms with van der Waals surface area (Å²) in [4.78, 5) is 11.7. The van der Waals surface area contributed by atoms with Crippen LogP contribution in [0, 0.1) is 5.82 Å². The Balaban J connectivity index is 1.90. The normalized spacial score (nSPS) is 10.4. The van der Waals surface area contributed by atoms with Crippen LogP contribution in [0.1, 0.15) is 11.1 Å². The van der Waals surface area contributed by atoms with Crippen LogP contribution in [0.15, 0.2) is 30.5 Å². The van der Waals surface area contributed by atoms with Crippen LogP contribution in [0.5, 0.6) is 0 Å². The molecule has 1 aromatic carbocycles. The molecule has 3 N–H and O–H groups in total. The molecule has 6 heteroatoms. The maximum absolute atomic E-state index is 13.0. The molecule has 0 aliphatic rings. The number of rotatable bonds is 4. The number of carbonyl (C=O) groups is 1. The first-order valence-electron chi connectivity index (χ1n) is 5.84. The van der Waals surface area contributed by atoms with E-state index in [0.717, 1.165) is 5.56 Å². The standard InChI is InChI=1S/C13H15FN4O/c1-18-13(15)10(8-17-18)7-16-12(19)6-9-3-2-4-11(14)5-9/h2-5,8H,6-7,15H2,1H3,(H,16,19). The molecule has 1 amide bonds. The number of hydrogen-bond acceptors (Lipinski definition) is 3. The summed E-state index contributed by atoms with van der Waals surface area (Å²) >= 11 is 0. The fraction of sp³-hybridized carbons (Fsp3) is 0.231. The van der Waals surface area contributed by atoms with Crippen molar-refractivity contribution in [2.24, 2.45) is 7.05 Å². The predicted molar refractivity (Wildman–Crippen MR) is 69.6 cm³/mol. The Morgan fingerprint density at radius 1 is 1.53 bits per heavy atom. The highest BCUT2D eigenvalue weighted by Gasteiger charge is 2.08. The van der Waals surface area contributed by atoms with Crippen LogP contribution in [-0.2, 0) is 24.8 Å². The lowest BCUT2D eigenvalue weighted by molar-refractivity contribution is -0.120. The van der Waals surface area contributed by atoms with Gasteiger partial charge in [-0.05, 0) is 17.7 Å². The van der Waals surface area contributed by atoms with E-state index in [1.165, 1.54) is 16.8 Å². The summed E-state index contributed by atoms with van der Waals surface area (Å²) in [5.41, 5.74) is 7.16. The summed E-state index contributed by atoms with van der Waals surface area (Å²) in [6.07, 6.45) is 1.75. The van der Waals surface area contributed by atoms with Crippen LogP contribution in [0.2, 0.25) is 0 Å². The first-order chi connectivity index (χ1) is 9.06. The molecule has 5 nitrogen and oxygen atoms in total. The molecule has 0 spiro atoms. The largest absolute Gasteiger partial charge is 0.384 e. The number of nitrogens with zero attached hydrogens (tertiary/aromatic N) is 2. The topological polar surface area (TPSA) is 72.9 Å². The number of nitrogen functional groups attached to an aromatic ring is 1. The Hall–Kier alpha value is -2.37. The highest BCUT2D eigenvalue weighted by atomic mass is 19.1. The van der Waals surface area contributed by atoms with Crippen molar-refractivity contribution in [3.05, 3.63) is 47.4 Å². The van der Waals surface area contributed by atoms with Crippen molar-refractivity contribution in [2.75, 3.05) is 5.73 Å². The van der Waals surface area contributed by atoms with Crippen molar-refractivity contribution in [1.82, 2.24) is 15.1 Å². The summed E-state index contributed by atoms with van der Waals surface area (Å²) in [5, 5.41) is 6.71. The Kier molecular flexibility index (Phi) is 3.79. The van der Waals surface area contributed by atoms with Crippen LogP contribution in [-0.4, -0.2) is 15.7 Å². The second-order valence-corrected chi connectivity index (χ2v) is 4.26. The third-order valence-corrected chi connectivity index (χ3v) is 2.79. The van der Waals surface area contributed by atoms with E-state index in [9.17, 15) is 9.18 Å². The fourth-order valence-electron chi connectivity index (χ4n) is 1.72. The lowest BCUT2D eigenvalue weighted by atomic mass is 10.1. The second-order valence-electron chi connectivity index (χ2n) is 4.26. The Morgan fingerprint density at radius 2 is 2.32 bits per heavy atom. The average molecular weight is 262 g/mol. The van der Waals surface area contributed by atoms with Crippen molar-refractivity contribution < 1.29 is 9.18 Å². The molecule has 0 aliphatic carbocycles. The lowest BCUT2D eigenvalue weighted by Gasteiger charge is -2.05. The van der Waals surface area contributed by atoms with E-state index in [4.69, 9.17) is 5.73 Å². The molecule has 0 saturated carbocycles. The van der Waals surface area contributed by atoms with Gasteiger partial charge in [0.1, 0.15) is 11.6 Å². The maximum Gasteiger partial charge on any atom is 0.224 e. The molecule has 0 aliphatic heterocycles. The number of carbonyl (C=O) groups excluding carboxylic acids is 1. The van der Waals surface area contributed by atoms with Gasteiger partial charge in [0.25, 0.3) is 0 Å². The third kappa shape index (κ3) is 3.31. The van der Waals surface area contributed by atoms with Gasteiger partial charge in [-0.15, -0.1) is 0 Å². The number of halogens is 1. The number of aryl methyl sites for hydroxylation is 1. The molecular formula is C13H15FN4O. The zero-order valence-corrected chi connectivity index (χ0v) is 10.6. The number of aromatic nitrogens is 2. The molecule has 1 heterocycles. The van der Waals surface area contributed by atoms with Gasteiger partial charge in [-0.2, -0.15) is 5.10 Å². The smallest absolute Gasteiger partial charge is 0.224 e. The van der Waals surface area contributed by atoms with Crippen LogP contribution < -0.4 is 11.1 Å². The van der Waals surface area contributed by atoms with E-state index in [1.54, 1.807) is 25.4 Å². The maximum atomic E-state index is 13.0. The number of hydrogen-bond donors (Lipinski definition) is 2. The molecule has 0 saturated heterocycles. The van der Waals surface area contributed by atoms with Crippen LogP contribution >= 0.6 is 0 Å². The molecule has 19 heavy (non-hydrogen) atoms. The van der Waals surface area contributed by atoms with E-state index < -0.39 is 0 Å². The van der Waals surface area contributed by atoms with Crippen molar-refractivity contribution >= 4 is 11.7 Å². The first-order valence-corrected chi connectivity index (χ1v) is 5.84. The second kappa shape index (κ2) is 5.51. The predicted octanol–water partition coefficient (Wildman–Crippen LogP) is 1.00. The molecule has 1 aromatic heterocycles. The van der Waals surface area contributed by atoms with Gasteiger partial charge in [0.15, 0.2) is 0 Å². The van der Waals surface area contributed by atoms with Crippen LogP contribution in [0.25, 0.3) is 0 Å². The SMILES string of the molecule is Cn1ncc(CNC(=O)Cc2cccc(F)c2)c1N. The van der Waals surface area contributed by atoms with Crippen LogP contribution in [0.4, 0.5) is 10.2 Å². The molecular weight excluding hydrogens is 247 g/mol. The quantitative estimate of drug-likeness (QED) is 0.863. The highest BCUT2D eigenvalue weighted by Crippen LogP contribution is 2.09. The van der Waals surface area contributed by atoms with Gasteiger partial charge in [-0.1, -0.05) is 12.1 Å². The Labute approximate surface area is 110 Å². The molecule has 100 valence electrons. The molecule has 2 rings (SSSR count). The first kappa shape index (κ1) is 13.1. The number of amides is 1. The zero-order valence-electron chi connectivity index (χ0n) is 10.6. The van der Waals surface area contributed by atoms with Crippen molar-refractivity contribution in [1.29, 1.82) is 0 Å². The molecule has 0 fully saturated rings. The van der Waals surface area contributed by atoms with Gasteiger partial charge in [0.05, 0.1) is 12.6 Å². The summed E-state index contributed by atoms with van der Waals surface area (Å²) in [6, 6.07) is 5.98. The lowest BCUT2D eigenvalue weighted by Crippen LogP contribution is -2.24. The van der Waals surface area contributed by atoms with Crippen molar-refractivity contribution in [3.8, 4) is 0 Å². The minimum Gasteiger partial charge on any atom is -0.384 e. The Bertz CT molecular complexity index is 594. The van der Waals surface area contributed by atoms with Gasteiger partial charge in [0, 0.05) is 19.2 Å². The summed E-state index contributed by atoms with van der Waals surface area (Å²) in [5.74, 6) is -0.0123. The van der Waals surface area contributed by atoms with Gasteiger partial charge in [0.2, 0.25) is 5.91 Å². The average Bonchev–Trinajstić information content (AvgIpc) is 2.68. The summed E-state index contributed by atoms with van der Waals surface area (Å²) in [6.45, 7) is 0.313. The van der Waals surface area contributed by atoms with E-state index in [-0.39, 0.29) is 18.1 Å². The highest BCUT2D eigenvalue weighted by molar-refractivity contribution is 5.78. The van der Waals surface area contributed by atoms with Gasteiger partial charge in [-0.25, -0.2) is 4.39 Å². The summed E-state index contributed by atoms with van der Waals surface area (Å²) in [7, 11) is 1.73. The monoisotopic (exact) mass is 262 g/mol. The van der Waals surface area contributed by atoms with Gasteiger partial charge < -0.3 is 11.1 Å². The van der Waals surface area contributed by atoms with E-state index >= 15 is 0 Å². The van der Waals surface area contributed by atoms with E-state index in [1.807, 2.05) is 0 Å². The van der Waals surface area contributed by atoms with Crippen molar-refractivity contribution in [2.45, 2.75) is 13.0 Å². The molecule has 0 bridgehead atoms. The molecule has 0 radical (unpaired) electrons. The van der Waals surface area contributed by atoms with Crippen molar-refractivity contribution in [3.63, 3.8) is 0 Å². The van der Waals surface area contributed by atoms with Gasteiger partial charge in [-0.3, -0.25) is 9.48 Å². The number of benzene rings is 1. The van der Waals surface area contributed by atoms with E-state index in [2.05, 4.69) is 10.4 Å². The minimum atomic E-state index is -0.346. The molecule has 0 atom stereocenters. The minimum absolute atomic E-state index is 0.137. The number of anilines is 1. The third-order valence-electron chi connectivity index (χ3n) is 2.79. The number of nitrogens with one attached hydrogen (secondary N) is 1. The molecule has 2 aromatic rings. The van der Waals surface area contributed by atoms with Crippen LogP contribution in [0.3, 0.4) is 0 Å². The zero-order chi connectivity index (χ0) is 13.8. The molecule has 0 unspecified atom stereocenters. The number of nitrogens with two attached hydrogens (primary N) is 1.